The molecule has 3 nitrogen and oxygen atoms in total. The van der Waals surface area contributed by atoms with E-state index in [1.54, 1.807) is 6.07 Å². The second-order valence-corrected chi connectivity index (χ2v) is 5.48. The lowest BCUT2D eigenvalue weighted by atomic mass is 10.1. The van der Waals surface area contributed by atoms with Gasteiger partial charge in [-0.3, -0.25) is 0 Å². The van der Waals surface area contributed by atoms with Crippen molar-refractivity contribution in [2.24, 2.45) is 0 Å². The van der Waals surface area contributed by atoms with E-state index in [9.17, 15) is 12.8 Å². The third-order valence-electron chi connectivity index (χ3n) is 2.22. The number of aromatic nitrogens is 1. The Morgan fingerprint density at radius 2 is 2.00 bits per heavy atom. The number of sulfone groups is 1. The Morgan fingerprint density at radius 3 is 2.62 bits per heavy atom. The Labute approximate surface area is 92.9 Å². The minimum Gasteiger partial charge on any atom is -0.360 e. The Bertz CT molecular complexity index is 616. The lowest BCUT2D eigenvalue weighted by molar-refractivity contribution is 0.602. The predicted octanol–water partition coefficient (Wildman–Crippen LogP) is 2.22. The molecule has 1 heterocycles. The number of halogens is 1. The van der Waals surface area contributed by atoms with Crippen LogP contribution < -0.4 is 0 Å². The van der Waals surface area contributed by atoms with Gasteiger partial charge in [0.15, 0.2) is 9.84 Å². The van der Waals surface area contributed by atoms with Crippen LogP contribution in [0.4, 0.5) is 4.39 Å². The zero-order valence-electron chi connectivity index (χ0n) is 8.57. The molecular formula is C11H10FNO2S. The zero-order chi connectivity index (χ0) is 11.8. The smallest absolute Gasteiger partial charge is 0.177 e. The number of rotatable bonds is 2. The van der Waals surface area contributed by atoms with Crippen molar-refractivity contribution < 1.29 is 12.8 Å². The molecule has 84 valence electrons. The van der Waals surface area contributed by atoms with Gasteiger partial charge in [-0.05, 0) is 18.2 Å². The SMILES string of the molecule is CS(=O)(=O)c1cc[nH]c1-c1cccc(F)c1. The van der Waals surface area contributed by atoms with Crippen LogP contribution >= 0.6 is 0 Å². The molecular weight excluding hydrogens is 229 g/mol. The van der Waals surface area contributed by atoms with E-state index in [0.717, 1.165) is 6.26 Å². The van der Waals surface area contributed by atoms with E-state index in [-0.39, 0.29) is 4.90 Å². The maximum Gasteiger partial charge on any atom is 0.177 e. The first-order valence-electron chi connectivity index (χ1n) is 4.62. The summed E-state index contributed by atoms with van der Waals surface area (Å²) in [5, 5.41) is 0. The quantitative estimate of drug-likeness (QED) is 0.873. The second kappa shape index (κ2) is 3.75. The molecule has 1 aromatic carbocycles. The molecule has 0 atom stereocenters. The van der Waals surface area contributed by atoms with Crippen LogP contribution in [-0.2, 0) is 9.84 Å². The van der Waals surface area contributed by atoms with Crippen LogP contribution in [-0.4, -0.2) is 19.7 Å². The number of H-pyrrole nitrogens is 1. The maximum atomic E-state index is 13.0. The van der Waals surface area contributed by atoms with Crippen molar-refractivity contribution in [3.05, 3.63) is 42.3 Å². The molecule has 0 fully saturated rings. The van der Waals surface area contributed by atoms with E-state index >= 15 is 0 Å². The van der Waals surface area contributed by atoms with Crippen molar-refractivity contribution >= 4 is 9.84 Å². The summed E-state index contributed by atoms with van der Waals surface area (Å²) in [5.41, 5.74) is 0.937. The van der Waals surface area contributed by atoms with Crippen molar-refractivity contribution in [2.75, 3.05) is 6.26 Å². The highest BCUT2D eigenvalue weighted by molar-refractivity contribution is 7.90. The molecule has 0 spiro atoms. The maximum absolute atomic E-state index is 13.0. The molecule has 16 heavy (non-hydrogen) atoms. The molecule has 0 aliphatic rings. The van der Waals surface area contributed by atoms with Gasteiger partial charge in [-0.25, -0.2) is 12.8 Å². The van der Waals surface area contributed by atoms with Gasteiger partial charge in [0.05, 0.1) is 10.6 Å². The Balaban J connectivity index is 2.62. The number of hydrogen-bond acceptors (Lipinski definition) is 2. The fraction of sp³-hybridized carbons (Fsp3) is 0.0909. The van der Waals surface area contributed by atoms with E-state index in [1.165, 1.54) is 30.5 Å². The third kappa shape index (κ3) is 1.99. The largest absolute Gasteiger partial charge is 0.360 e. The topological polar surface area (TPSA) is 49.9 Å². The van der Waals surface area contributed by atoms with Gasteiger partial charge in [-0.2, -0.15) is 0 Å². The highest BCUT2D eigenvalue weighted by Crippen LogP contribution is 2.26. The average Bonchev–Trinajstić information content (AvgIpc) is 2.65. The van der Waals surface area contributed by atoms with E-state index in [2.05, 4.69) is 4.98 Å². The molecule has 5 heteroatoms. The van der Waals surface area contributed by atoms with E-state index < -0.39 is 15.7 Å². The van der Waals surface area contributed by atoms with E-state index in [4.69, 9.17) is 0 Å². The number of hydrogen-bond donors (Lipinski definition) is 1. The van der Waals surface area contributed by atoms with Gasteiger partial charge in [-0.1, -0.05) is 12.1 Å². The lowest BCUT2D eigenvalue weighted by Crippen LogP contribution is -1.97. The molecule has 0 saturated heterocycles. The van der Waals surface area contributed by atoms with Crippen LogP contribution in [0.15, 0.2) is 41.4 Å². The summed E-state index contributed by atoms with van der Waals surface area (Å²) >= 11 is 0. The third-order valence-corrected chi connectivity index (χ3v) is 3.36. The van der Waals surface area contributed by atoms with Crippen LogP contribution in [0.2, 0.25) is 0 Å². The second-order valence-electron chi connectivity index (χ2n) is 3.50. The monoisotopic (exact) mass is 239 g/mol. The first-order chi connectivity index (χ1) is 7.48. The molecule has 2 aromatic rings. The number of benzene rings is 1. The molecule has 1 N–H and O–H groups in total. The van der Waals surface area contributed by atoms with Crippen molar-refractivity contribution in [3.63, 3.8) is 0 Å². The van der Waals surface area contributed by atoms with Crippen LogP contribution in [0.3, 0.4) is 0 Å². The molecule has 0 unspecified atom stereocenters. The average molecular weight is 239 g/mol. The fourth-order valence-electron chi connectivity index (χ4n) is 1.53. The van der Waals surface area contributed by atoms with E-state index in [0.29, 0.717) is 11.3 Å². The van der Waals surface area contributed by atoms with Gasteiger partial charge in [0, 0.05) is 18.0 Å². The standard InChI is InChI=1S/C11H10FNO2S/c1-16(14,15)10-5-6-13-11(10)8-3-2-4-9(12)7-8/h2-7,13H,1H3. The van der Waals surface area contributed by atoms with Gasteiger partial charge in [0.1, 0.15) is 5.82 Å². The molecule has 0 bridgehead atoms. The first-order valence-corrected chi connectivity index (χ1v) is 6.51. The molecule has 1 aromatic heterocycles. The van der Waals surface area contributed by atoms with E-state index in [1.807, 2.05) is 0 Å². The fourth-order valence-corrected chi connectivity index (χ4v) is 2.40. The predicted molar refractivity (Wildman–Crippen MR) is 59.3 cm³/mol. The Hall–Kier alpha value is -1.62. The van der Waals surface area contributed by atoms with Crippen molar-refractivity contribution in [2.45, 2.75) is 4.90 Å². The summed E-state index contributed by atoms with van der Waals surface area (Å²) in [6.07, 6.45) is 2.65. The van der Waals surface area contributed by atoms with Gasteiger partial charge >= 0.3 is 0 Å². The molecule has 0 aliphatic heterocycles. The Morgan fingerprint density at radius 1 is 1.25 bits per heavy atom. The summed E-state index contributed by atoms with van der Waals surface area (Å²) in [4.78, 5) is 2.99. The van der Waals surface area contributed by atoms with Crippen LogP contribution in [0.1, 0.15) is 0 Å². The highest BCUT2D eigenvalue weighted by atomic mass is 32.2. The minimum absolute atomic E-state index is 0.179. The molecule has 0 aliphatic carbocycles. The normalized spacial score (nSPS) is 11.6. The summed E-state index contributed by atoms with van der Waals surface area (Å²) in [6, 6.07) is 7.27. The summed E-state index contributed by atoms with van der Waals surface area (Å²) in [7, 11) is -3.30. The van der Waals surface area contributed by atoms with Crippen LogP contribution in [0, 0.1) is 5.82 Å². The minimum atomic E-state index is -3.30. The van der Waals surface area contributed by atoms with Crippen molar-refractivity contribution in [1.82, 2.24) is 4.98 Å². The summed E-state index contributed by atoms with van der Waals surface area (Å²) in [6.45, 7) is 0. The van der Waals surface area contributed by atoms with Gasteiger partial charge < -0.3 is 4.98 Å². The number of aromatic amines is 1. The van der Waals surface area contributed by atoms with Crippen LogP contribution in [0.25, 0.3) is 11.3 Å². The van der Waals surface area contributed by atoms with Crippen LogP contribution in [0.5, 0.6) is 0 Å². The van der Waals surface area contributed by atoms with Gasteiger partial charge in [-0.15, -0.1) is 0 Å². The van der Waals surface area contributed by atoms with Crippen molar-refractivity contribution in [1.29, 1.82) is 0 Å². The zero-order valence-corrected chi connectivity index (χ0v) is 9.38. The molecule has 0 saturated carbocycles. The lowest BCUT2D eigenvalue weighted by Gasteiger charge is -2.02. The summed E-state index contributed by atoms with van der Waals surface area (Å²) in [5.74, 6) is -0.397. The number of nitrogens with one attached hydrogen (secondary N) is 1. The Kier molecular flexibility index (Phi) is 2.55. The summed E-state index contributed by atoms with van der Waals surface area (Å²) < 4.78 is 35.9. The highest BCUT2D eigenvalue weighted by Gasteiger charge is 2.15. The molecule has 2 rings (SSSR count). The molecule has 0 radical (unpaired) electrons. The van der Waals surface area contributed by atoms with Gasteiger partial charge in [0.2, 0.25) is 0 Å². The first kappa shape index (κ1) is 10.9. The van der Waals surface area contributed by atoms with Gasteiger partial charge in [0.25, 0.3) is 0 Å². The van der Waals surface area contributed by atoms with Crippen molar-refractivity contribution in [3.8, 4) is 11.3 Å². The molecule has 0 amide bonds.